The zero-order valence-corrected chi connectivity index (χ0v) is 40.1. The highest BCUT2D eigenvalue weighted by Gasteiger charge is 2.34. The van der Waals surface area contributed by atoms with Crippen molar-refractivity contribution in [2.24, 2.45) is 33.8 Å². The molecule has 0 spiro atoms. The summed E-state index contributed by atoms with van der Waals surface area (Å²) in [5.74, 6) is -7.72. The number of rotatable bonds is 29. The number of fused-ring (bicyclic) bond motifs is 2. The summed E-state index contributed by atoms with van der Waals surface area (Å²) in [5, 5.41) is 36.8. The maximum atomic E-state index is 14.0. The van der Waals surface area contributed by atoms with Gasteiger partial charge in [0.25, 0.3) is 0 Å². The first-order valence-corrected chi connectivity index (χ1v) is 24.1. The fourth-order valence-corrected chi connectivity index (χ4v) is 8.00. The molecular formula is C46H65N13O10S. The van der Waals surface area contributed by atoms with Crippen LogP contribution < -0.4 is 54.8 Å². The second-order valence-corrected chi connectivity index (χ2v) is 18.0. The van der Waals surface area contributed by atoms with Crippen LogP contribution in [0.3, 0.4) is 0 Å². The fourth-order valence-electron chi connectivity index (χ4n) is 7.53. The minimum absolute atomic E-state index is 0.0160. The lowest BCUT2D eigenvalue weighted by atomic mass is 10.0. The zero-order chi connectivity index (χ0) is 51.5. The first kappa shape index (κ1) is 55.4. The summed E-state index contributed by atoms with van der Waals surface area (Å²) >= 11 is 1.32. The van der Waals surface area contributed by atoms with E-state index >= 15 is 0 Å². The van der Waals surface area contributed by atoms with Crippen LogP contribution in [-0.4, -0.2) is 141 Å². The van der Waals surface area contributed by atoms with Crippen LogP contribution in [0.2, 0.25) is 0 Å². The van der Waals surface area contributed by atoms with E-state index in [1.807, 2.05) is 48.5 Å². The van der Waals surface area contributed by atoms with E-state index in [0.29, 0.717) is 5.75 Å². The number of benzene rings is 2. The van der Waals surface area contributed by atoms with Crippen LogP contribution in [-0.2, 0) is 51.2 Å². The lowest BCUT2D eigenvalue weighted by molar-refractivity contribution is -0.138. The Morgan fingerprint density at radius 1 is 0.643 bits per heavy atom. The number of para-hydroxylation sites is 2. The Hall–Kier alpha value is -7.18. The quantitative estimate of drug-likeness (QED) is 0.0167. The van der Waals surface area contributed by atoms with Gasteiger partial charge in [-0.2, -0.15) is 11.8 Å². The van der Waals surface area contributed by atoms with Gasteiger partial charge in [-0.15, -0.1) is 0 Å². The SMILES string of the molecule is CSCC[C@H](NC(=O)[C@H](CCC(=O)O)NC(=O)[C@H](CCCN=C(N)N)NC(=O)[C@@H](N)Cc1c[nH]c2ccccc12)C(=O)N[C@@H](CO)C(=O)N[C@H](C(=O)N[C@@H](Cc1c[nH]c2ccccc12)C(N)=O)C(C)C. The van der Waals surface area contributed by atoms with E-state index in [0.717, 1.165) is 32.9 Å². The van der Waals surface area contributed by atoms with Gasteiger partial charge in [-0.1, -0.05) is 50.2 Å². The number of nitrogens with two attached hydrogens (primary N) is 4. The number of hydrogen-bond acceptors (Lipinski definition) is 12. The molecule has 2 aromatic heterocycles. The highest BCUT2D eigenvalue weighted by molar-refractivity contribution is 7.98. The van der Waals surface area contributed by atoms with Crippen molar-refractivity contribution in [1.29, 1.82) is 0 Å². The molecule has 0 aliphatic carbocycles. The Labute approximate surface area is 408 Å². The number of carboxylic acids is 1. The number of aliphatic carboxylic acids is 1. The van der Waals surface area contributed by atoms with E-state index in [1.54, 1.807) is 32.5 Å². The van der Waals surface area contributed by atoms with Crippen LogP contribution in [0, 0.1) is 5.92 Å². The molecule has 0 bridgehead atoms. The number of primary amides is 1. The molecule has 0 radical (unpaired) electrons. The van der Waals surface area contributed by atoms with E-state index in [2.05, 4.69) is 46.9 Å². The van der Waals surface area contributed by atoms with Crippen molar-refractivity contribution in [2.45, 2.75) is 101 Å². The fraction of sp³-hybridized carbons (Fsp3) is 0.457. The van der Waals surface area contributed by atoms with E-state index in [-0.39, 0.29) is 44.6 Å². The number of amides is 7. The van der Waals surface area contributed by atoms with Gasteiger partial charge in [0.05, 0.1) is 12.6 Å². The van der Waals surface area contributed by atoms with Crippen molar-refractivity contribution in [2.75, 3.05) is 25.2 Å². The van der Waals surface area contributed by atoms with Crippen molar-refractivity contribution in [1.82, 2.24) is 41.9 Å². The van der Waals surface area contributed by atoms with Crippen LogP contribution >= 0.6 is 11.8 Å². The average Bonchev–Trinajstić information content (AvgIpc) is 3.93. The van der Waals surface area contributed by atoms with Gasteiger partial charge in [0.1, 0.15) is 36.3 Å². The van der Waals surface area contributed by atoms with Crippen LogP contribution in [0.4, 0.5) is 0 Å². The summed E-state index contributed by atoms with van der Waals surface area (Å²) in [6.45, 7) is 2.41. The Bertz CT molecular complexity index is 2490. The third-order valence-electron chi connectivity index (χ3n) is 11.4. The smallest absolute Gasteiger partial charge is 0.303 e. The van der Waals surface area contributed by atoms with Gasteiger partial charge in [0.15, 0.2) is 5.96 Å². The first-order valence-electron chi connectivity index (χ1n) is 22.7. The number of nitrogens with zero attached hydrogens (tertiary/aromatic N) is 1. The van der Waals surface area contributed by atoms with Crippen molar-refractivity contribution >= 4 is 86.8 Å². The van der Waals surface area contributed by atoms with Gasteiger partial charge in [0.2, 0.25) is 41.4 Å². The molecule has 0 saturated carbocycles. The molecule has 380 valence electrons. The molecule has 7 atom stereocenters. The van der Waals surface area contributed by atoms with Gasteiger partial charge < -0.3 is 75.0 Å². The third-order valence-corrected chi connectivity index (χ3v) is 12.0. The molecule has 18 N–H and O–H groups in total. The molecule has 24 heteroatoms. The predicted molar refractivity (Wildman–Crippen MR) is 264 cm³/mol. The summed E-state index contributed by atoms with van der Waals surface area (Å²) in [7, 11) is 0. The van der Waals surface area contributed by atoms with Crippen molar-refractivity contribution in [3.8, 4) is 0 Å². The van der Waals surface area contributed by atoms with Crippen molar-refractivity contribution in [3.05, 3.63) is 72.1 Å². The summed E-state index contributed by atoms with van der Waals surface area (Å²) in [6, 6.07) is 5.39. The van der Waals surface area contributed by atoms with E-state index in [1.165, 1.54) is 11.8 Å². The number of aliphatic hydroxyl groups excluding tert-OH is 1. The monoisotopic (exact) mass is 991 g/mol. The summed E-state index contributed by atoms with van der Waals surface area (Å²) in [5.41, 5.74) is 26.0. The minimum atomic E-state index is -1.64. The zero-order valence-electron chi connectivity index (χ0n) is 39.3. The molecule has 0 saturated heterocycles. The number of guanidine groups is 1. The molecule has 70 heavy (non-hydrogen) atoms. The average molecular weight is 992 g/mol. The second-order valence-electron chi connectivity index (χ2n) is 17.0. The number of carbonyl (C=O) groups is 8. The first-order chi connectivity index (χ1) is 33.3. The van der Waals surface area contributed by atoms with E-state index < -0.39 is 115 Å². The summed E-state index contributed by atoms with van der Waals surface area (Å²) < 4.78 is 0. The molecular weight excluding hydrogens is 927 g/mol. The van der Waals surface area contributed by atoms with E-state index in [9.17, 15) is 48.6 Å². The van der Waals surface area contributed by atoms with Crippen molar-refractivity contribution < 1.29 is 48.6 Å². The number of carboxylic acid groups (broad SMARTS) is 1. The molecule has 0 fully saturated rings. The van der Waals surface area contributed by atoms with Crippen LogP contribution in [0.25, 0.3) is 21.8 Å². The highest BCUT2D eigenvalue weighted by Crippen LogP contribution is 2.21. The molecule has 0 aliphatic heterocycles. The molecule has 7 amide bonds. The van der Waals surface area contributed by atoms with Gasteiger partial charge in [0, 0.05) is 53.6 Å². The number of thioether (sulfide) groups is 1. The second kappa shape index (κ2) is 27.1. The number of hydrogen-bond donors (Lipinski definition) is 14. The molecule has 2 heterocycles. The van der Waals surface area contributed by atoms with Crippen LogP contribution in [0.1, 0.15) is 57.1 Å². The number of aromatic nitrogens is 2. The minimum Gasteiger partial charge on any atom is -0.481 e. The maximum Gasteiger partial charge on any atom is 0.303 e. The topological polar surface area (TPSA) is 397 Å². The van der Waals surface area contributed by atoms with Crippen LogP contribution in [0.5, 0.6) is 0 Å². The summed E-state index contributed by atoms with van der Waals surface area (Å²) in [4.78, 5) is 117. The van der Waals surface area contributed by atoms with Gasteiger partial charge in [-0.3, -0.25) is 43.3 Å². The third kappa shape index (κ3) is 16.5. The number of aromatic amines is 2. The largest absolute Gasteiger partial charge is 0.481 e. The standard InChI is InChI=1S/C46H65N13O10S/c1-24(2)38(45(69)57-35(39(48)63)20-26-22-53-31-12-7-5-10-28(26)31)59-44(68)36(23-60)58-43(67)34(16-18-70-3)56-42(66)33(14-15-37(61)62)55-41(65)32(13-8-17-51-46(49)50)54-40(64)29(47)19-25-21-52-30-11-6-4-9-27(25)30/h4-7,9-12,21-22,24,29,32-36,38,52-53,60H,8,13-20,23,47H2,1-3H3,(H2,48,63)(H,54,64)(H,55,65)(H,56,66)(H,57,69)(H,58,67)(H,59,68)(H,61,62)(H4,49,50,51)/t29-,32-,33-,34-,35-,36-,38-/m0/s1. The number of aliphatic hydroxyl groups is 1. The Morgan fingerprint density at radius 3 is 1.64 bits per heavy atom. The van der Waals surface area contributed by atoms with Crippen molar-refractivity contribution in [3.63, 3.8) is 0 Å². The Balaban J connectivity index is 1.46. The van der Waals surface area contributed by atoms with E-state index in [4.69, 9.17) is 22.9 Å². The number of carbonyl (C=O) groups excluding carboxylic acids is 7. The predicted octanol–water partition coefficient (Wildman–Crippen LogP) is -1.52. The Morgan fingerprint density at radius 2 is 1.13 bits per heavy atom. The summed E-state index contributed by atoms with van der Waals surface area (Å²) in [6.07, 6.45) is 4.46. The molecule has 23 nitrogen and oxygen atoms in total. The normalized spacial score (nSPS) is 14.3. The van der Waals surface area contributed by atoms with Gasteiger partial charge in [-0.05, 0) is 73.3 Å². The molecule has 0 aliphatic rings. The van der Waals surface area contributed by atoms with Gasteiger partial charge >= 0.3 is 5.97 Å². The maximum absolute atomic E-state index is 14.0. The lowest BCUT2D eigenvalue weighted by Gasteiger charge is -2.28. The molecule has 4 rings (SSSR count). The molecule has 0 unspecified atom stereocenters. The highest BCUT2D eigenvalue weighted by atomic mass is 32.2. The molecule has 4 aromatic rings. The molecule has 2 aromatic carbocycles. The van der Waals surface area contributed by atoms with Gasteiger partial charge in [-0.25, -0.2) is 0 Å². The number of aliphatic imine (C=N–C) groups is 1. The number of nitrogens with one attached hydrogen (secondary N) is 8. The Kier molecular flexibility index (Phi) is 21.5. The number of H-pyrrole nitrogens is 2. The van der Waals surface area contributed by atoms with Crippen LogP contribution in [0.15, 0.2) is 65.9 Å². The lowest BCUT2D eigenvalue weighted by Crippen LogP contribution is -2.61.